The molecule has 0 radical (unpaired) electrons. The van der Waals surface area contributed by atoms with Crippen molar-refractivity contribution in [1.82, 2.24) is 24.7 Å². The number of fused-ring (bicyclic) bond motifs is 1. The van der Waals surface area contributed by atoms with Gasteiger partial charge in [-0.15, -0.1) is 0 Å². The fraction of sp³-hybridized carbons (Fsp3) is 0.650. The lowest BCUT2D eigenvalue weighted by molar-refractivity contribution is -0.124. The summed E-state index contributed by atoms with van der Waals surface area (Å²) in [5.74, 6) is 0.924. The largest absolute Gasteiger partial charge is 0.367 e. The van der Waals surface area contributed by atoms with Gasteiger partial charge in [0.2, 0.25) is 0 Å². The van der Waals surface area contributed by atoms with Crippen LogP contribution in [0.25, 0.3) is 0 Å². The minimum Gasteiger partial charge on any atom is -0.367 e. The second-order valence-electron chi connectivity index (χ2n) is 8.15. The summed E-state index contributed by atoms with van der Waals surface area (Å²) in [6, 6.07) is 1.85. The van der Waals surface area contributed by atoms with Gasteiger partial charge in [0, 0.05) is 45.7 Å². The van der Waals surface area contributed by atoms with E-state index in [0.29, 0.717) is 18.8 Å². The smallest absolute Gasteiger partial charge is 0.273 e. The van der Waals surface area contributed by atoms with Gasteiger partial charge in [-0.2, -0.15) is 5.10 Å². The topological polar surface area (TPSA) is 76.6 Å². The molecule has 1 spiro atoms. The lowest BCUT2D eigenvalue weighted by atomic mass is 9.89. The van der Waals surface area contributed by atoms with Crippen LogP contribution in [0.3, 0.4) is 0 Å². The Morgan fingerprint density at radius 1 is 1.32 bits per heavy atom. The number of hydrogen-bond acceptors (Lipinski definition) is 6. The van der Waals surface area contributed by atoms with Crippen molar-refractivity contribution in [3.8, 4) is 0 Å². The van der Waals surface area contributed by atoms with Gasteiger partial charge in [-0.1, -0.05) is 12.1 Å². The van der Waals surface area contributed by atoms with E-state index in [-0.39, 0.29) is 11.5 Å². The first-order valence-corrected chi connectivity index (χ1v) is 9.99. The molecule has 0 aromatic carbocycles. The summed E-state index contributed by atoms with van der Waals surface area (Å²) in [5.41, 5.74) is 3.50. The van der Waals surface area contributed by atoms with Gasteiger partial charge < -0.3 is 14.2 Å². The fourth-order valence-electron chi connectivity index (χ4n) is 4.15. The van der Waals surface area contributed by atoms with Crippen LogP contribution in [0.15, 0.2) is 10.6 Å². The minimum atomic E-state index is -0.189. The second kappa shape index (κ2) is 7.33. The molecule has 0 atom stereocenters. The summed E-state index contributed by atoms with van der Waals surface area (Å²) in [5, 5.41) is 8.67. The first-order chi connectivity index (χ1) is 13.4. The molecule has 28 heavy (non-hydrogen) atoms. The van der Waals surface area contributed by atoms with Crippen molar-refractivity contribution in [1.29, 1.82) is 0 Å². The van der Waals surface area contributed by atoms with Crippen LogP contribution in [0.5, 0.6) is 0 Å². The maximum absolute atomic E-state index is 12.2. The van der Waals surface area contributed by atoms with Crippen LogP contribution >= 0.6 is 0 Å². The number of rotatable bonds is 4. The Bertz CT molecular complexity index is 861. The first kappa shape index (κ1) is 19.1. The predicted octanol–water partition coefficient (Wildman–Crippen LogP) is 2.01. The minimum absolute atomic E-state index is 0.0680. The van der Waals surface area contributed by atoms with E-state index in [1.54, 1.807) is 19.0 Å². The fourth-order valence-corrected chi connectivity index (χ4v) is 4.15. The van der Waals surface area contributed by atoms with Gasteiger partial charge in [0.1, 0.15) is 5.76 Å². The SMILES string of the molecule is CCc1onc(C)c1CN1CCC2(CC1)Cn1nc(C(=O)N(C)C)cc1CO2. The third kappa shape index (κ3) is 3.46. The van der Waals surface area contributed by atoms with Crippen LogP contribution in [0.4, 0.5) is 0 Å². The van der Waals surface area contributed by atoms with Gasteiger partial charge in [-0.25, -0.2) is 0 Å². The molecule has 0 saturated carbocycles. The van der Waals surface area contributed by atoms with Gasteiger partial charge in [0.15, 0.2) is 5.69 Å². The van der Waals surface area contributed by atoms with E-state index in [4.69, 9.17) is 9.26 Å². The summed E-state index contributed by atoms with van der Waals surface area (Å²) in [6.07, 6.45) is 2.78. The van der Waals surface area contributed by atoms with E-state index in [2.05, 4.69) is 22.1 Å². The Kier molecular flexibility index (Phi) is 5.01. The van der Waals surface area contributed by atoms with Crippen LogP contribution < -0.4 is 0 Å². The highest BCUT2D eigenvalue weighted by Crippen LogP contribution is 2.34. The maximum Gasteiger partial charge on any atom is 0.273 e. The molecule has 8 heteroatoms. The van der Waals surface area contributed by atoms with Crippen molar-refractivity contribution < 1.29 is 14.1 Å². The molecule has 0 N–H and O–H groups in total. The number of amides is 1. The standard InChI is InChI=1S/C20H29N5O3/c1-5-18-16(14(2)22-28-18)11-24-8-6-20(7-9-24)13-25-15(12-27-20)10-17(21-25)19(26)23(3)4/h10H,5-9,11-13H2,1-4H3. The molecule has 0 aliphatic carbocycles. The van der Waals surface area contributed by atoms with Gasteiger partial charge >= 0.3 is 0 Å². The molecule has 4 heterocycles. The molecule has 0 bridgehead atoms. The Hall–Kier alpha value is -2.19. The Balaban J connectivity index is 1.41. The molecule has 8 nitrogen and oxygen atoms in total. The summed E-state index contributed by atoms with van der Waals surface area (Å²) in [6.45, 7) is 8.15. The van der Waals surface area contributed by atoms with Crippen molar-refractivity contribution in [3.05, 3.63) is 34.5 Å². The monoisotopic (exact) mass is 387 g/mol. The summed E-state index contributed by atoms with van der Waals surface area (Å²) in [7, 11) is 3.49. The maximum atomic E-state index is 12.2. The van der Waals surface area contributed by atoms with Gasteiger partial charge in [-0.05, 0) is 25.8 Å². The number of carbonyl (C=O) groups excluding carboxylic acids is 1. The van der Waals surface area contributed by atoms with E-state index >= 15 is 0 Å². The molecule has 2 aromatic rings. The quantitative estimate of drug-likeness (QED) is 0.799. The number of piperidine rings is 1. The van der Waals surface area contributed by atoms with E-state index in [0.717, 1.165) is 56.0 Å². The van der Waals surface area contributed by atoms with Gasteiger partial charge in [0.05, 0.1) is 30.1 Å². The number of nitrogens with zero attached hydrogens (tertiary/aromatic N) is 5. The molecule has 0 unspecified atom stereocenters. The van der Waals surface area contributed by atoms with Crippen LogP contribution in [-0.2, 0) is 30.9 Å². The second-order valence-corrected chi connectivity index (χ2v) is 8.15. The highest BCUT2D eigenvalue weighted by atomic mass is 16.5. The number of hydrogen-bond donors (Lipinski definition) is 0. The average Bonchev–Trinajstić information content (AvgIpc) is 3.26. The molecule has 152 valence electrons. The van der Waals surface area contributed by atoms with Gasteiger partial charge in [-0.3, -0.25) is 14.4 Å². The molecule has 2 aliphatic heterocycles. The van der Waals surface area contributed by atoms with Crippen molar-refractivity contribution >= 4 is 5.91 Å². The van der Waals surface area contributed by atoms with Crippen molar-refractivity contribution in [3.63, 3.8) is 0 Å². The molecular formula is C20H29N5O3. The summed E-state index contributed by atoms with van der Waals surface area (Å²) < 4.78 is 13.7. The lowest BCUT2D eigenvalue weighted by Crippen LogP contribution is -2.50. The van der Waals surface area contributed by atoms with Crippen LogP contribution in [0.2, 0.25) is 0 Å². The van der Waals surface area contributed by atoms with Crippen molar-refractivity contribution in [2.75, 3.05) is 27.2 Å². The third-order valence-corrected chi connectivity index (χ3v) is 5.99. The number of aryl methyl sites for hydroxylation is 2. The average molecular weight is 387 g/mol. The zero-order valence-electron chi connectivity index (χ0n) is 17.2. The van der Waals surface area contributed by atoms with Gasteiger partial charge in [0.25, 0.3) is 5.91 Å². The lowest BCUT2D eigenvalue weighted by Gasteiger charge is -2.43. The van der Waals surface area contributed by atoms with Crippen molar-refractivity contribution in [2.45, 2.75) is 58.4 Å². The van der Waals surface area contributed by atoms with Crippen LogP contribution in [0.1, 0.15) is 53.0 Å². The van der Waals surface area contributed by atoms with E-state index in [1.807, 2.05) is 17.7 Å². The zero-order valence-corrected chi connectivity index (χ0v) is 17.2. The van der Waals surface area contributed by atoms with Crippen LogP contribution in [0, 0.1) is 6.92 Å². The Morgan fingerprint density at radius 3 is 2.75 bits per heavy atom. The third-order valence-electron chi connectivity index (χ3n) is 5.99. The normalized spacial score (nSPS) is 19.0. The van der Waals surface area contributed by atoms with Crippen molar-refractivity contribution in [2.24, 2.45) is 0 Å². The summed E-state index contributed by atoms with van der Waals surface area (Å²) in [4.78, 5) is 16.2. The highest BCUT2D eigenvalue weighted by Gasteiger charge is 2.40. The Labute approximate surface area is 165 Å². The zero-order chi connectivity index (χ0) is 19.9. The number of ether oxygens (including phenoxy) is 1. The number of likely N-dealkylation sites (tertiary alicyclic amines) is 1. The summed E-state index contributed by atoms with van der Waals surface area (Å²) >= 11 is 0. The van der Waals surface area contributed by atoms with Crippen LogP contribution in [-0.4, -0.2) is 63.4 Å². The Morgan fingerprint density at radius 2 is 2.07 bits per heavy atom. The van der Waals surface area contributed by atoms with E-state index < -0.39 is 0 Å². The van der Waals surface area contributed by atoms with E-state index in [9.17, 15) is 4.79 Å². The molecule has 1 saturated heterocycles. The molecular weight excluding hydrogens is 358 g/mol. The van der Waals surface area contributed by atoms with E-state index in [1.165, 1.54) is 5.56 Å². The molecule has 2 aliphatic rings. The molecule has 1 fully saturated rings. The first-order valence-electron chi connectivity index (χ1n) is 9.99. The highest BCUT2D eigenvalue weighted by molar-refractivity contribution is 5.92. The number of aromatic nitrogens is 3. The molecule has 1 amide bonds. The number of carbonyl (C=O) groups is 1. The molecule has 2 aromatic heterocycles. The molecule has 4 rings (SSSR count). The predicted molar refractivity (Wildman–Crippen MR) is 103 cm³/mol.